The minimum absolute atomic E-state index is 0.630. The lowest BCUT2D eigenvalue weighted by Crippen LogP contribution is -2.28. The fourth-order valence-electron chi connectivity index (χ4n) is 3.72. The molecule has 3 rings (SSSR count). The summed E-state index contributed by atoms with van der Waals surface area (Å²) in [7, 11) is 2.13. The van der Waals surface area contributed by atoms with Crippen molar-refractivity contribution in [3.63, 3.8) is 0 Å². The summed E-state index contributed by atoms with van der Waals surface area (Å²) in [6.45, 7) is 0. The van der Waals surface area contributed by atoms with E-state index in [4.69, 9.17) is 0 Å². The summed E-state index contributed by atoms with van der Waals surface area (Å²) in [5, 5.41) is 7.36. The Kier molecular flexibility index (Phi) is 5.32. The highest BCUT2D eigenvalue weighted by molar-refractivity contribution is 7.17. The largest absolute Gasteiger partial charge is 0.317 e. The molecule has 0 radical (unpaired) electrons. The Morgan fingerprint density at radius 1 is 1.19 bits per heavy atom. The molecule has 0 aliphatic heterocycles. The van der Waals surface area contributed by atoms with Gasteiger partial charge in [0.05, 0.1) is 0 Å². The molecule has 1 saturated carbocycles. The second kappa shape index (κ2) is 7.42. The normalized spacial score (nSPS) is 18.1. The predicted octanol–water partition coefficient (Wildman–Crippen LogP) is 5.39. The van der Waals surface area contributed by atoms with Crippen LogP contribution >= 0.6 is 11.3 Å². The summed E-state index contributed by atoms with van der Waals surface area (Å²) in [5.74, 6) is 0.994. The van der Waals surface area contributed by atoms with E-state index in [0.29, 0.717) is 6.04 Å². The van der Waals surface area contributed by atoms with Gasteiger partial charge in [0.25, 0.3) is 0 Å². The Labute approximate surface area is 132 Å². The van der Waals surface area contributed by atoms with Gasteiger partial charge < -0.3 is 5.32 Å². The van der Waals surface area contributed by atoms with Gasteiger partial charge in [-0.05, 0) is 54.6 Å². The first-order valence-corrected chi connectivity index (χ1v) is 9.37. The van der Waals surface area contributed by atoms with Crippen molar-refractivity contribution in [1.29, 1.82) is 0 Å². The van der Waals surface area contributed by atoms with E-state index >= 15 is 0 Å². The first-order chi connectivity index (χ1) is 10.4. The molecule has 114 valence electrons. The molecule has 1 aliphatic carbocycles. The van der Waals surface area contributed by atoms with E-state index in [1.54, 1.807) is 0 Å². The lowest BCUT2D eigenvalue weighted by atomic mass is 9.84. The number of likely N-dealkylation sites (N-methyl/N-ethyl adjacent to an activating group) is 1. The van der Waals surface area contributed by atoms with Crippen molar-refractivity contribution in [2.45, 2.75) is 57.4 Å². The van der Waals surface area contributed by atoms with E-state index in [-0.39, 0.29) is 0 Å². The van der Waals surface area contributed by atoms with Crippen LogP contribution in [-0.4, -0.2) is 13.1 Å². The minimum atomic E-state index is 0.630. The molecule has 1 heterocycles. The number of fused-ring (bicyclic) bond motifs is 1. The van der Waals surface area contributed by atoms with Crippen LogP contribution in [0.2, 0.25) is 0 Å². The van der Waals surface area contributed by atoms with Crippen LogP contribution in [0.25, 0.3) is 10.1 Å². The van der Waals surface area contributed by atoms with E-state index in [1.165, 1.54) is 67.0 Å². The smallest absolute Gasteiger partial charge is 0.0345 e. The van der Waals surface area contributed by atoms with Crippen LogP contribution in [0, 0.1) is 5.92 Å². The zero-order valence-corrected chi connectivity index (χ0v) is 13.9. The molecule has 1 aromatic carbocycles. The quantitative estimate of drug-likeness (QED) is 0.754. The van der Waals surface area contributed by atoms with Gasteiger partial charge in [-0.3, -0.25) is 0 Å². The molecule has 0 amide bonds. The van der Waals surface area contributed by atoms with E-state index < -0.39 is 0 Å². The lowest BCUT2D eigenvalue weighted by molar-refractivity contribution is 0.316. The third-order valence-corrected chi connectivity index (χ3v) is 6.10. The molecule has 1 aromatic heterocycles. The SMILES string of the molecule is CNC(CCC1CCCCC1)Cc1csc2ccccc12. The number of thiophene rings is 1. The third kappa shape index (κ3) is 3.87. The highest BCUT2D eigenvalue weighted by Gasteiger charge is 2.16. The standard InChI is InChI=1S/C19H27NS/c1-20-17(12-11-15-7-3-2-4-8-15)13-16-14-21-19-10-6-5-9-18(16)19/h5-6,9-10,14-15,17,20H,2-4,7-8,11-13H2,1H3. The minimum Gasteiger partial charge on any atom is -0.317 e. The average molecular weight is 301 g/mol. The lowest BCUT2D eigenvalue weighted by Gasteiger charge is -2.24. The highest BCUT2D eigenvalue weighted by Crippen LogP contribution is 2.30. The van der Waals surface area contributed by atoms with E-state index in [2.05, 4.69) is 42.0 Å². The fraction of sp³-hybridized carbons (Fsp3) is 0.579. The number of rotatable bonds is 6. The molecule has 0 bridgehead atoms. The summed E-state index contributed by atoms with van der Waals surface area (Å²) >= 11 is 1.88. The number of hydrogen-bond donors (Lipinski definition) is 1. The van der Waals surface area contributed by atoms with Gasteiger partial charge in [0.1, 0.15) is 0 Å². The maximum atomic E-state index is 3.55. The zero-order chi connectivity index (χ0) is 14.5. The van der Waals surface area contributed by atoms with E-state index in [0.717, 1.165) is 5.92 Å². The Bertz CT molecular complexity index is 553. The van der Waals surface area contributed by atoms with Crippen LogP contribution < -0.4 is 5.32 Å². The van der Waals surface area contributed by atoms with Gasteiger partial charge in [-0.25, -0.2) is 0 Å². The van der Waals surface area contributed by atoms with Crippen molar-refractivity contribution in [2.75, 3.05) is 7.05 Å². The average Bonchev–Trinajstić information content (AvgIpc) is 2.95. The van der Waals surface area contributed by atoms with Crippen molar-refractivity contribution in [2.24, 2.45) is 5.92 Å². The molecule has 2 aromatic rings. The Morgan fingerprint density at radius 3 is 2.81 bits per heavy atom. The van der Waals surface area contributed by atoms with Crippen LogP contribution in [0.1, 0.15) is 50.5 Å². The molecule has 0 saturated heterocycles. The molecular weight excluding hydrogens is 274 g/mol. The van der Waals surface area contributed by atoms with Crippen molar-refractivity contribution >= 4 is 21.4 Å². The molecule has 1 N–H and O–H groups in total. The zero-order valence-electron chi connectivity index (χ0n) is 13.1. The van der Waals surface area contributed by atoms with Crippen molar-refractivity contribution in [1.82, 2.24) is 5.32 Å². The van der Waals surface area contributed by atoms with E-state index in [1.807, 2.05) is 11.3 Å². The topological polar surface area (TPSA) is 12.0 Å². The Hall–Kier alpha value is -0.860. The van der Waals surface area contributed by atoms with Crippen molar-refractivity contribution < 1.29 is 0 Å². The molecular formula is C19H27NS. The van der Waals surface area contributed by atoms with Gasteiger partial charge >= 0.3 is 0 Å². The fourth-order valence-corrected chi connectivity index (χ4v) is 4.69. The summed E-state index contributed by atoms with van der Waals surface area (Å²) in [5.41, 5.74) is 1.53. The molecule has 1 aliphatic rings. The Morgan fingerprint density at radius 2 is 2.00 bits per heavy atom. The number of nitrogens with one attached hydrogen (secondary N) is 1. The van der Waals surface area contributed by atoms with Crippen LogP contribution in [0.4, 0.5) is 0 Å². The molecule has 1 nitrogen and oxygen atoms in total. The van der Waals surface area contributed by atoms with Gasteiger partial charge in [-0.1, -0.05) is 50.3 Å². The second-order valence-corrected chi connectivity index (χ2v) is 7.44. The molecule has 0 spiro atoms. The Balaban J connectivity index is 1.58. The maximum absolute atomic E-state index is 3.55. The first-order valence-electron chi connectivity index (χ1n) is 8.49. The molecule has 1 atom stereocenters. The second-order valence-electron chi connectivity index (χ2n) is 6.53. The molecule has 21 heavy (non-hydrogen) atoms. The van der Waals surface area contributed by atoms with Crippen LogP contribution in [0.5, 0.6) is 0 Å². The van der Waals surface area contributed by atoms with Gasteiger partial charge in [-0.2, -0.15) is 0 Å². The monoisotopic (exact) mass is 301 g/mol. The summed E-state index contributed by atoms with van der Waals surface area (Å²) in [6, 6.07) is 9.44. The van der Waals surface area contributed by atoms with Crippen LogP contribution in [0.3, 0.4) is 0 Å². The first kappa shape index (κ1) is 15.1. The molecule has 1 fully saturated rings. The summed E-state index contributed by atoms with van der Waals surface area (Å²) in [6.07, 6.45) is 11.2. The van der Waals surface area contributed by atoms with Crippen molar-refractivity contribution in [3.05, 3.63) is 35.2 Å². The van der Waals surface area contributed by atoms with Crippen molar-refractivity contribution in [3.8, 4) is 0 Å². The van der Waals surface area contributed by atoms with Gasteiger partial charge in [0, 0.05) is 10.7 Å². The molecule has 1 unspecified atom stereocenters. The van der Waals surface area contributed by atoms with Gasteiger partial charge in [0.2, 0.25) is 0 Å². The van der Waals surface area contributed by atoms with Crippen LogP contribution in [-0.2, 0) is 6.42 Å². The highest BCUT2D eigenvalue weighted by atomic mass is 32.1. The number of benzene rings is 1. The maximum Gasteiger partial charge on any atom is 0.0345 e. The van der Waals surface area contributed by atoms with Crippen LogP contribution in [0.15, 0.2) is 29.6 Å². The molecule has 2 heteroatoms. The summed E-state index contributed by atoms with van der Waals surface area (Å²) < 4.78 is 1.43. The van der Waals surface area contributed by atoms with Gasteiger partial charge in [0.15, 0.2) is 0 Å². The summed E-state index contributed by atoms with van der Waals surface area (Å²) in [4.78, 5) is 0. The third-order valence-electron chi connectivity index (χ3n) is 5.08. The predicted molar refractivity (Wildman–Crippen MR) is 94.2 cm³/mol. The van der Waals surface area contributed by atoms with E-state index in [9.17, 15) is 0 Å². The van der Waals surface area contributed by atoms with Gasteiger partial charge in [-0.15, -0.1) is 11.3 Å². The number of hydrogen-bond acceptors (Lipinski definition) is 2.